The highest BCUT2D eigenvalue weighted by Crippen LogP contribution is 2.51. The monoisotopic (exact) mass is 325 g/mol. The number of fused-ring (bicyclic) bond motifs is 1. The topological polar surface area (TPSA) is 87.3 Å². The third-order valence-corrected chi connectivity index (χ3v) is 3.24. The summed E-state index contributed by atoms with van der Waals surface area (Å²) in [5.41, 5.74) is 9.58. The lowest BCUT2D eigenvalue weighted by atomic mass is 10.00. The van der Waals surface area contributed by atoms with Crippen molar-refractivity contribution >= 4 is 23.5 Å². The molecular weight excluding hydrogens is 306 g/mol. The number of hydrazone groups is 1. The number of methoxy groups -OCH3 is 2. The van der Waals surface area contributed by atoms with E-state index < -0.39 is 0 Å². The van der Waals surface area contributed by atoms with Gasteiger partial charge in [0.25, 0.3) is 0 Å². The Morgan fingerprint density at radius 2 is 1.95 bits per heavy atom. The molecule has 1 aromatic carbocycles. The molecule has 22 heavy (non-hydrogen) atoms. The van der Waals surface area contributed by atoms with Gasteiger partial charge in [-0.2, -0.15) is 5.10 Å². The maximum absolute atomic E-state index is 5.52. The molecule has 0 atom stereocenters. The number of ether oxygens (including phenoxy) is 4. The molecule has 1 aliphatic rings. The first-order chi connectivity index (χ1) is 10.6. The van der Waals surface area contributed by atoms with Gasteiger partial charge in [-0.15, -0.1) is 0 Å². The normalized spacial score (nSPS) is 12.5. The van der Waals surface area contributed by atoms with Gasteiger partial charge in [0.2, 0.25) is 18.3 Å². The predicted molar refractivity (Wildman–Crippen MR) is 87.2 cm³/mol. The first-order valence-electron chi connectivity index (χ1n) is 6.78. The van der Waals surface area contributed by atoms with Crippen molar-refractivity contribution in [2.75, 3.05) is 21.0 Å². The summed E-state index contributed by atoms with van der Waals surface area (Å²) in [5, 5.41) is 4.10. The fourth-order valence-corrected chi connectivity index (χ4v) is 2.40. The van der Waals surface area contributed by atoms with E-state index in [0.717, 1.165) is 24.0 Å². The molecule has 0 radical (unpaired) electrons. The largest absolute Gasteiger partial charge is 0.492 e. The van der Waals surface area contributed by atoms with Crippen LogP contribution in [0.1, 0.15) is 24.5 Å². The summed E-state index contributed by atoms with van der Waals surface area (Å²) in [6, 6.07) is 0. The number of hydrogen-bond donors (Lipinski definition) is 2. The van der Waals surface area contributed by atoms with E-state index in [2.05, 4.69) is 17.5 Å². The van der Waals surface area contributed by atoms with Gasteiger partial charge in [-0.25, -0.2) is 0 Å². The molecule has 0 aromatic heterocycles. The number of rotatable bonds is 6. The molecule has 0 saturated heterocycles. The molecule has 0 saturated carbocycles. The Balaban J connectivity index is 2.61. The highest BCUT2D eigenvalue weighted by Gasteiger charge is 2.30. The van der Waals surface area contributed by atoms with Crippen LogP contribution in [0.3, 0.4) is 0 Å². The van der Waals surface area contributed by atoms with E-state index >= 15 is 0 Å². The molecule has 0 aliphatic carbocycles. The Bertz CT molecular complexity index is 604. The van der Waals surface area contributed by atoms with E-state index in [1.165, 1.54) is 0 Å². The zero-order chi connectivity index (χ0) is 16.1. The van der Waals surface area contributed by atoms with Crippen LogP contribution in [0.5, 0.6) is 23.0 Å². The van der Waals surface area contributed by atoms with Crippen molar-refractivity contribution in [1.82, 2.24) is 5.43 Å². The summed E-state index contributed by atoms with van der Waals surface area (Å²) >= 11 is 4.74. The minimum absolute atomic E-state index is 0.0833. The number of hydrogen-bond acceptors (Lipinski definition) is 6. The van der Waals surface area contributed by atoms with E-state index in [9.17, 15) is 0 Å². The Morgan fingerprint density at radius 3 is 2.50 bits per heavy atom. The average Bonchev–Trinajstić information content (AvgIpc) is 2.96. The third-order valence-electron chi connectivity index (χ3n) is 3.15. The van der Waals surface area contributed by atoms with Crippen molar-refractivity contribution in [2.24, 2.45) is 10.8 Å². The Hall–Kier alpha value is -2.22. The molecule has 7 nitrogen and oxygen atoms in total. The number of nitrogens with one attached hydrogen (secondary N) is 1. The third kappa shape index (κ3) is 3.01. The van der Waals surface area contributed by atoms with E-state index in [1.54, 1.807) is 20.4 Å². The zero-order valence-corrected chi connectivity index (χ0v) is 13.6. The molecule has 1 aliphatic heterocycles. The van der Waals surface area contributed by atoms with Gasteiger partial charge in [-0.1, -0.05) is 13.3 Å². The fraction of sp³-hybridized carbons (Fsp3) is 0.429. The molecule has 0 fully saturated rings. The summed E-state index contributed by atoms with van der Waals surface area (Å²) in [5.74, 6) is 2.25. The summed E-state index contributed by atoms with van der Waals surface area (Å²) < 4.78 is 22.0. The van der Waals surface area contributed by atoms with Crippen LogP contribution in [0.25, 0.3) is 0 Å². The van der Waals surface area contributed by atoms with Gasteiger partial charge in [-0.3, -0.25) is 5.43 Å². The molecular formula is C14H19N3O4S. The van der Waals surface area contributed by atoms with E-state index in [-0.39, 0.29) is 11.9 Å². The minimum atomic E-state index is 0.0833. The van der Waals surface area contributed by atoms with Crippen molar-refractivity contribution in [3.8, 4) is 23.0 Å². The van der Waals surface area contributed by atoms with Crippen molar-refractivity contribution in [1.29, 1.82) is 0 Å². The van der Waals surface area contributed by atoms with Crippen LogP contribution in [0, 0.1) is 0 Å². The molecule has 8 heteroatoms. The van der Waals surface area contributed by atoms with Crippen LogP contribution in [0.2, 0.25) is 0 Å². The molecule has 0 unspecified atom stereocenters. The summed E-state index contributed by atoms with van der Waals surface area (Å²) in [6.45, 7) is 2.20. The van der Waals surface area contributed by atoms with Crippen LogP contribution in [0.4, 0.5) is 0 Å². The summed E-state index contributed by atoms with van der Waals surface area (Å²) in [4.78, 5) is 0. The standard InChI is InChI=1S/C14H19N3O4S/c1-4-5-8-9(6-16-17-14(15)22)11(19-3)13-12(10(8)18-2)20-7-21-13/h6H,4-5,7H2,1-3H3,(H3,15,17,22)/b16-6+. The maximum Gasteiger partial charge on any atom is 0.231 e. The Kier molecular flexibility index (Phi) is 5.26. The zero-order valence-electron chi connectivity index (χ0n) is 12.8. The van der Waals surface area contributed by atoms with Crippen LogP contribution in [0.15, 0.2) is 5.10 Å². The highest BCUT2D eigenvalue weighted by atomic mass is 32.1. The van der Waals surface area contributed by atoms with E-state index in [1.807, 2.05) is 0 Å². The van der Waals surface area contributed by atoms with E-state index in [0.29, 0.717) is 23.0 Å². The van der Waals surface area contributed by atoms with Gasteiger partial charge in [-0.05, 0) is 18.6 Å². The van der Waals surface area contributed by atoms with Gasteiger partial charge >= 0.3 is 0 Å². The number of thiocarbonyl (C=S) groups is 1. The van der Waals surface area contributed by atoms with Crippen molar-refractivity contribution in [3.05, 3.63) is 11.1 Å². The fourth-order valence-electron chi connectivity index (χ4n) is 2.35. The lowest BCUT2D eigenvalue weighted by molar-refractivity contribution is 0.168. The number of nitrogens with zero attached hydrogens (tertiary/aromatic N) is 1. The summed E-state index contributed by atoms with van der Waals surface area (Å²) in [6.07, 6.45) is 3.28. The maximum atomic E-state index is 5.52. The molecule has 1 aromatic rings. The van der Waals surface area contributed by atoms with Crippen LogP contribution >= 0.6 is 12.2 Å². The Morgan fingerprint density at radius 1 is 1.32 bits per heavy atom. The van der Waals surface area contributed by atoms with E-state index in [4.69, 9.17) is 36.9 Å². The molecule has 0 spiro atoms. The van der Waals surface area contributed by atoms with Crippen molar-refractivity contribution < 1.29 is 18.9 Å². The summed E-state index contributed by atoms with van der Waals surface area (Å²) in [7, 11) is 3.16. The molecule has 0 bridgehead atoms. The quantitative estimate of drug-likeness (QED) is 0.466. The molecule has 1 heterocycles. The lowest BCUT2D eigenvalue weighted by Crippen LogP contribution is -2.24. The smallest absolute Gasteiger partial charge is 0.231 e. The second-order valence-corrected chi connectivity index (χ2v) is 4.95. The van der Waals surface area contributed by atoms with Crippen LogP contribution < -0.4 is 30.1 Å². The SMILES string of the molecule is CCCc1c(/C=N/NC(N)=S)c(OC)c2c(c1OC)OCO2. The first kappa shape index (κ1) is 16.2. The number of benzene rings is 1. The first-order valence-corrected chi connectivity index (χ1v) is 7.19. The van der Waals surface area contributed by atoms with Crippen LogP contribution in [-0.4, -0.2) is 32.3 Å². The molecule has 2 rings (SSSR count). The Labute approximate surface area is 134 Å². The lowest BCUT2D eigenvalue weighted by Gasteiger charge is -2.17. The molecule has 120 valence electrons. The minimum Gasteiger partial charge on any atom is -0.492 e. The second-order valence-electron chi connectivity index (χ2n) is 4.51. The van der Waals surface area contributed by atoms with Gasteiger partial charge in [0.15, 0.2) is 16.6 Å². The van der Waals surface area contributed by atoms with Gasteiger partial charge in [0.05, 0.1) is 20.4 Å². The van der Waals surface area contributed by atoms with Crippen molar-refractivity contribution in [3.63, 3.8) is 0 Å². The predicted octanol–water partition coefficient (Wildman–Crippen LogP) is 1.55. The number of nitrogens with two attached hydrogens (primary N) is 1. The van der Waals surface area contributed by atoms with Gasteiger partial charge in [0, 0.05) is 11.1 Å². The average molecular weight is 325 g/mol. The van der Waals surface area contributed by atoms with Gasteiger partial charge in [0.1, 0.15) is 0 Å². The molecule has 0 amide bonds. The highest BCUT2D eigenvalue weighted by molar-refractivity contribution is 7.80. The van der Waals surface area contributed by atoms with Crippen LogP contribution in [-0.2, 0) is 6.42 Å². The second kappa shape index (κ2) is 7.17. The van der Waals surface area contributed by atoms with Crippen molar-refractivity contribution in [2.45, 2.75) is 19.8 Å². The van der Waals surface area contributed by atoms with Gasteiger partial charge < -0.3 is 24.7 Å². The molecule has 3 N–H and O–H groups in total.